The summed E-state index contributed by atoms with van der Waals surface area (Å²) in [6, 6.07) is 7.06. The minimum Gasteiger partial charge on any atom is -0.317 e. The van der Waals surface area contributed by atoms with E-state index in [0.717, 1.165) is 18.4 Å². The molecule has 2 unspecified atom stereocenters. The van der Waals surface area contributed by atoms with Gasteiger partial charge in [-0.2, -0.15) is 0 Å². The fourth-order valence-corrected chi connectivity index (χ4v) is 3.27. The van der Waals surface area contributed by atoms with Crippen LogP contribution in [0.2, 0.25) is 0 Å². The number of benzene rings is 1. The summed E-state index contributed by atoms with van der Waals surface area (Å²) in [5.74, 6) is 1.63. The predicted octanol–water partition coefficient (Wildman–Crippen LogP) is 3.80. The Bertz CT molecular complexity index is 350. The topological polar surface area (TPSA) is 12.0 Å². The van der Waals surface area contributed by atoms with E-state index in [4.69, 9.17) is 0 Å². The van der Waals surface area contributed by atoms with Crippen molar-refractivity contribution in [3.63, 3.8) is 0 Å². The van der Waals surface area contributed by atoms with Gasteiger partial charge in [0.1, 0.15) is 0 Å². The predicted molar refractivity (Wildman–Crippen MR) is 74.5 cm³/mol. The fraction of sp³-hybridized carbons (Fsp3) is 0.625. The van der Waals surface area contributed by atoms with E-state index in [1.54, 1.807) is 5.56 Å². The molecule has 1 aromatic carbocycles. The van der Waals surface area contributed by atoms with Crippen molar-refractivity contribution in [3.8, 4) is 0 Å². The van der Waals surface area contributed by atoms with Crippen LogP contribution in [-0.4, -0.2) is 13.1 Å². The first kappa shape index (κ1) is 12.6. The molecule has 2 rings (SSSR count). The zero-order chi connectivity index (χ0) is 12.3. The molecule has 0 saturated heterocycles. The van der Waals surface area contributed by atoms with Crippen LogP contribution < -0.4 is 5.32 Å². The molecule has 1 aromatic rings. The smallest absolute Gasteiger partial charge is 0.00148 e. The van der Waals surface area contributed by atoms with Crippen molar-refractivity contribution >= 4 is 0 Å². The van der Waals surface area contributed by atoms with E-state index in [1.165, 1.54) is 36.9 Å². The highest BCUT2D eigenvalue weighted by molar-refractivity contribution is 5.32. The second-order valence-corrected chi connectivity index (χ2v) is 5.53. The van der Waals surface area contributed by atoms with Crippen molar-refractivity contribution in [1.29, 1.82) is 0 Å². The maximum atomic E-state index is 3.52. The molecule has 2 atom stereocenters. The van der Waals surface area contributed by atoms with Crippen molar-refractivity contribution in [2.45, 2.75) is 46.0 Å². The molecule has 0 aromatic heterocycles. The molecule has 1 saturated carbocycles. The van der Waals surface area contributed by atoms with Gasteiger partial charge < -0.3 is 5.32 Å². The molecule has 1 aliphatic rings. The Balaban J connectivity index is 2.14. The van der Waals surface area contributed by atoms with Gasteiger partial charge in [-0.05, 0) is 57.2 Å². The lowest BCUT2D eigenvalue weighted by atomic mass is 9.87. The third-order valence-corrected chi connectivity index (χ3v) is 3.99. The minimum atomic E-state index is 0.785. The summed E-state index contributed by atoms with van der Waals surface area (Å²) in [6.45, 7) is 8.90. The Morgan fingerprint density at radius 2 is 1.82 bits per heavy atom. The lowest BCUT2D eigenvalue weighted by Gasteiger charge is -2.21. The summed E-state index contributed by atoms with van der Waals surface area (Å²) < 4.78 is 0. The van der Waals surface area contributed by atoms with E-state index >= 15 is 0 Å². The molecule has 0 radical (unpaired) electrons. The summed E-state index contributed by atoms with van der Waals surface area (Å²) >= 11 is 0. The van der Waals surface area contributed by atoms with Gasteiger partial charge >= 0.3 is 0 Å². The summed E-state index contributed by atoms with van der Waals surface area (Å²) in [4.78, 5) is 0. The first-order chi connectivity index (χ1) is 8.20. The summed E-state index contributed by atoms with van der Waals surface area (Å²) in [5, 5.41) is 3.52. The molecule has 1 nitrogen and oxygen atoms in total. The lowest BCUT2D eigenvalue weighted by molar-refractivity contribution is 0.450. The molecule has 1 heteroatoms. The van der Waals surface area contributed by atoms with Gasteiger partial charge in [0.25, 0.3) is 0 Å². The highest BCUT2D eigenvalue weighted by atomic mass is 14.8. The lowest BCUT2D eigenvalue weighted by Crippen LogP contribution is -2.24. The second kappa shape index (κ2) is 5.68. The minimum absolute atomic E-state index is 0.785. The molecule has 0 bridgehead atoms. The van der Waals surface area contributed by atoms with Crippen LogP contribution in [0.1, 0.15) is 48.8 Å². The first-order valence-corrected chi connectivity index (χ1v) is 6.99. The number of aryl methyl sites for hydroxylation is 2. The molecule has 1 N–H and O–H groups in total. The molecule has 94 valence electrons. The van der Waals surface area contributed by atoms with Crippen LogP contribution in [0.3, 0.4) is 0 Å². The monoisotopic (exact) mass is 231 g/mol. The van der Waals surface area contributed by atoms with E-state index < -0.39 is 0 Å². The molecule has 17 heavy (non-hydrogen) atoms. The zero-order valence-electron chi connectivity index (χ0n) is 11.4. The second-order valence-electron chi connectivity index (χ2n) is 5.53. The average Bonchev–Trinajstić information content (AvgIpc) is 2.73. The van der Waals surface area contributed by atoms with E-state index in [1.807, 2.05) is 0 Å². The van der Waals surface area contributed by atoms with Crippen molar-refractivity contribution in [2.75, 3.05) is 13.1 Å². The molecule has 0 amide bonds. The van der Waals surface area contributed by atoms with Gasteiger partial charge in [-0.15, -0.1) is 0 Å². The van der Waals surface area contributed by atoms with E-state index in [9.17, 15) is 0 Å². The van der Waals surface area contributed by atoms with Crippen molar-refractivity contribution in [3.05, 3.63) is 34.9 Å². The molecular weight excluding hydrogens is 206 g/mol. The van der Waals surface area contributed by atoms with Crippen LogP contribution in [0, 0.1) is 19.8 Å². The van der Waals surface area contributed by atoms with E-state index in [0.29, 0.717) is 0 Å². The summed E-state index contributed by atoms with van der Waals surface area (Å²) in [6.07, 6.45) is 4.16. The van der Waals surface area contributed by atoms with Crippen LogP contribution >= 0.6 is 0 Å². The van der Waals surface area contributed by atoms with Gasteiger partial charge in [0, 0.05) is 0 Å². The molecule has 0 aliphatic heterocycles. The number of hydrogen-bond donors (Lipinski definition) is 1. The molecule has 0 heterocycles. The number of hydrogen-bond acceptors (Lipinski definition) is 1. The standard InChI is InChI=1S/C16H25N/c1-4-17-11-14-6-5-7-16(14)15-9-12(2)8-13(3)10-15/h8-10,14,16-17H,4-7,11H2,1-3H3. The Labute approximate surface area is 106 Å². The maximum absolute atomic E-state index is 3.52. The van der Waals surface area contributed by atoms with Crippen LogP contribution in [0.4, 0.5) is 0 Å². The van der Waals surface area contributed by atoms with Gasteiger partial charge in [0.2, 0.25) is 0 Å². The van der Waals surface area contributed by atoms with Gasteiger partial charge in [-0.3, -0.25) is 0 Å². The van der Waals surface area contributed by atoms with Crippen LogP contribution in [0.5, 0.6) is 0 Å². The average molecular weight is 231 g/mol. The van der Waals surface area contributed by atoms with E-state index in [2.05, 4.69) is 44.3 Å². The fourth-order valence-electron chi connectivity index (χ4n) is 3.27. The molecule has 1 fully saturated rings. The van der Waals surface area contributed by atoms with Gasteiger partial charge in [0.05, 0.1) is 0 Å². The molecule has 0 spiro atoms. The molecule has 1 aliphatic carbocycles. The highest BCUT2D eigenvalue weighted by Crippen LogP contribution is 2.39. The van der Waals surface area contributed by atoms with Crippen LogP contribution in [0.15, 0.2) is 18.2 Å². The van der Waals surface area contributed by atoms with Crippen molar-refractivity contribution in [1.82, 2.24) is 5.32 Å². The van der Waals surface area contributed by atoms with Gasteiger partial charge in [0.15, 0.2) is 0 Å². The maximum Gasteiger partial charge on any atom is -0.00148 e. The quantitative estimate of drug-likeness (QED) is 0.831. The summed E-state index contributed by atoms with van der Waals surface area (Å²) in [7, 11) is 0. The Kier molecular flexibility index (Phi) is 4.22. The first-order valence-electron chi connectivity index (χ1n) is 6.99. The van der Waals surface area contributed by atoms with Gasteiger partial charge in [-0.25, -0.2) is 0 Å². The van der Waals surface area contributed by atoms with Gasteiger partial charge in [-0.1, -0.05) is 42.7 Å². The van der Waals surface area contributed by atoms with Crippen LogP contribution in [0.25, 0.3) is 0 Å². The van der Waals surface area contributed by atoms with Crippen molar-refractivity contribution in [2.24, 2.45) is 5.92 Å². The zero-order valence-corrected chi connectivity index (χ0v) is 11.4. The SMILES string of the molecule is CCNCC1CCCC1c1cc(C)cc(C)c1. The highest BCUT2D eigenvalue weighted by Gasteiger charge is 2.28. The number of nitrogens with one attached hydrogen (secondary N) is 1. The third kappa shape index (κ3) is 3.10. The van der Waals surface area contributed by atoms with Crippen LogP contribution in [-0.2, 0) is 0 Å². The Morgan fingerprint density at radius 3 is 2.47 bits per heavy atom. The molecular formula is C16H25N. The Hall–Kier alpha value is -0.820. The summed E-state index contributed by atoms with van der Waals surface area (Å²) in [5.41, 5.74) is 4.39. The van der Waals surface area contributed by atoms with E-state index in [-0.39, 0.29) is 0 Å². The number of rotatable bonds is 4. The van der Waals surface area contributed by atoms with Crippen molar-refractivity contribution < 1.29 is 0 Å². The third-order valence-electron chi connectivity index (χ3n) is 3.99. The largest absolute Gasteiger partial charge is 0.317 e. The normalized spacial score (nSPS) is 24.2. The Morgan fingerprint density at radius 1 is 1.12 bits per heavy atom.